The van der Waals surface area contributed by atoms with Crippen LogP contribution in [0.3, 0.4) is 0 Å². The lowest BCUT2D eigenvalue weighted by atomic mass is 9.79. The van der Waals surface area contributed by atoms with Crippen LogP contribution < -0.4 is 5.32 Å². The van der Waals surface area contributed by atoms with Gasteiger partial charge in [-0.3, -0.25) is 4.90 Å². The van der Waals surface area contributed by atoms with E-state index in [1.54, 1.807) is 0 Å². The Bertz CT molecular complexity index is 255. The quantitative estimate of drug-likeness (QED) is 0.739. The number of rotatable bonds is 8. The zero-order valence-corrected chi connectivity index (χ0v) is 14.7. The maximum Gasteiger partial charge on any atom is 0.0255 e. The summed E-state index contributed by atoms with van der Waals surface area (Å²) in [7, 11) is 6.50. The van der Waals surface area contributed by atoms with Crippen LogP contribution in [0, 0.1) is 5.92 Å². The molecule has 0 aliphatic heterocycles. The highest BCUT2D eigenvalue weighted by Gasteiger charge is 2.34. The second-order valence-electron chi connectivity index (χ2n) is 6.87. The summed E-state index contributed by atoms with van der Waals surface area (Å²) in [6.07, 6.45) is 6.88. The number of hydrogen-bond acceptors (Lipinski definition) is 3. The minimum Gasteiger partial charge on any atom is -0.315 e. The van der Waals surface area contributed by atoms with Gasteiger partial charge in [-0.25, -0.2) is 0 Å². The minimum atomic E-state index is 0.635. The monoisotopic (exact) mass is 283 g/mol. The molecule has 1 aliphatic rings. The van der Waals surface area contributed by atoms with Crippen LogP contribution in [0.15, 0.2) is 0 Å². The van der Waals surface area contributed by atoms with Crippen LogP contribution in [0.25, 0.3) is 0 Å². The first-order valence-electron chi connectivity index (χ1n) is 8.61. The summed E-state index contributed by atoms with van der Waals surface area (Å²) in [5, 5.41) is 3.58. The van der Waals surface area contributed by atoms with Crippen molar-refractivity contribution in [3.63, 3.8) is 0 Å². The number of hydrogen-bond donors (Lipinski definition) is 1. The molecule has 3 heteroatoms. The second-order valence-corrected chi connectivity index (χ2v) is 6.87. The number of nitrogens with one attached hydrogen (secondary N) is 1. The lowest BCUT2D eigenvalue weighted by molar-refractivity contribution is 0.0604. The Morgan fingerprint density at radius 3 is 2.40 bits per heavy atom. The average Bonchev–Trinajstić information content (AvgIpc) is 2.39. The van der Waals surface area contributed by atoms with Crippen molar-refractivity contribution in [1.82, 2.24) is 15.1 Å². The van der Waals surface area contributed by atoms with Gasteiger partial charge in [0.1, 0.15) is 0 Å². The van der Waals surface area contributed by atoms with E-state index in [0.29, 0.717) is 18.1 Å². The Morgan fingerprint density at radius 2 is 1.90 bits per heavy atom. The summed E-state index contributed by atoms with van der Waals surface area (Å²) in [5.41, 5.74) is 0. The van der Waals surface area contributed by atoms with Crippen LogP contribution in [0.4, 0.5) is 0 Å². The molecule has 1 fully saturated rings. The predicted octanol–water partition coefficient (Wildman–Crippen LogP) is 2.82. The Kier molecular flexibility index (Phi) is 8.08. The van der Waals surface area contributed by atoms with Crippen LogP contribution >= 0.6 is 0 Å². The first-order valence-corrected chi connectivity index (χ1v) is 8.61. The largest absolute Gasteiger partial charge is 0.315 e. The van der Waals surface area contributed by atoms with E-state index in [-0.39, 0.29) is 0 Å². The van der Waals surface area contributed by atoms with Crippen molar-refractivity contribution in [2.24, 2.45) is 5.92 Å². The van der Waals surface area contributed by atoms with Gasteiger partial charge in [-0.1, -0.05) is 26.7 Å². The Morgan fingerprint density at radius 1 is 1.20 bits per heavy atom. The molecular formula is C17H37N3. The Labute approximate surface area is 127 Å². The fourth-order valence-corrected chi connectivity index (χ4v) is 4.11. The number of likely N-dealkylation sites (N-methyl/N-ethyl adjacent to an activating group) is 3. The SMILES string of the molecule is CCCC1CCC(NC)C(N(CC)C(C)CN(C)C)C1. The van der Waals surface area contributed by atoms with Crippen molar-refractivity contribution in [2.45, 2.75) is 71.0 Å². The summed E-state index contributed by atoms with van der Waals surface area (Å²) in [4.78, 5) is 5.05. The molecule has 0 aromatic rings. The highest BCUT2D eigenvalue weighted by molar-refractivity contribution is 4.92. The van der Waals surface area contributed by atoms with Crippen molar-refractivity contribution in [3.8, 4) is 0 Å². The van der Waals surface area contributed by atoms with Crippen molar-refractivity contribution in [1.29, 1.82) is 0 Å². The zero-order chi connectivity index (χ0) is 15.1. The highest BCUT2D eigenvalue weighted by atomic mass is 15.2. The average molecular weight is 284 g/mol. The normalized spacial score (nSPS) is 29.1. The van der Waals surface area contributed by atoms with E-state index in [4.69, 9.17) is 0 Å². The molecule has 0 bridgehead atoms. The molecule has 0 aromatic heterocycles. The number of nitrogens with zero attached hydrogens (tertiary/aromatic N) is 2. The van der Waals surface area contributed by atoms with Crippen molar-refractivity contribution < 1.29 is 0 Å². The van der Waals surface area contributed by atoms with Crippen LogP contribution in [0.1, 0.15) is 52.9 Å². The van der Waals surface area contributed by atoms with Gasteiger partial charge in [-0.2, -0.15) is 0 Å². The summed E-state index contributed by atoms with van der Waals surface area (Å²) >= 11 is 0. The molecule has 0 spiro atoms. The molecule has 0 radical (unpaired) electrons. The van der Waals surface area contributed by atoms with E-state index in [9.17, 15) is 0 Å². The van der Waals surface area contributed by atoms with Gasteiger partial charge < -0.3 is 10.2 Å². The molecule has 0 saturated heterocycles. The first kappa shape index (κ1) is 17.9. The van der Waals surface area contributed by atoms with Gasteiger partial charge in [0.15, 0.2) is 0 Å². The molecular weight excluding hydrogens is 246 g/mol. The van der Waals surface area contributed by atoms with E-state index in [1.807, 2.05) is 0 Å². The van der Waals surface area contributed by atoms with Gasteiger partial charge in [0.25, 0.3) is 0 Å². The van der Waals surface area contributed by atoms with Crippen LogP contribution in [-0.2, 0) is 0 Å². The topological polar surface area (TPSA) is 18.5 Å². The van der Waals surface area contributed by atoms with Crippen molar-refractivity contribution in [3.05, 3.63) is 0 Å². The van der Waals surface area contributed by atoms with Gasteiger partial charge in [-0.15, -0.1) is 0 Å². The molecule has 3 nitrogen and oxygen atoms in total. The minimum absolute atomic E-state index is 0.635. The van der Waals surface area contributed by atoms with E-state index < -0.39 is 0 Å². The van der Waals surface area contributed by atoms with Gasteiger partial charge in [0.2, 0.25) is 0 Å². The molecule has 4 unspecified atom stereocenters. The molecule has 0 heterocycles. The predicted molar refractivity (Wildman–Crippen MR) is 89.3 cm³/mol. The standard InChI is InChI=1S/C17H37N3/c1-7-9-15-10-11-16(18-4)17(12-15)20(8-2)14(3)13-19(5)6/h14-18H,7-13H2,1-6H3. The first-order chi connectivity index (χ1) is 9.53. The van der Waals surface area contributed by atoms with E-state index in [0.717, 1.165) is 19.0 Å². The van der Waals surface area contributed by atoms with Gasteiger partial charge in [-0.05, 0) is 59.8 Å². The third kappa shape index (κ3) is 5.01. The van der Waals surface area contributed by atoms with Crippen molar-refractivity contribution >= 4 is 0 Å². The third-order valence-corrected chi connectivity index (χ3v) is 4.98. The van der Waals surface area contributed by atoms with Crippen LogP contribution in [0.2, 0.25) is 0 Å². The maximum absolute atomic E-state index is 3.58. The lowest BCUT2D eigenvalue weighted by Gasteiger charge is -2.45. The van der Waals surface area contributed by atoms with Crippen molar-refractivity contribution in [2.75, 3.05) is 34.2 Å². The van der Waals surface area contributed by atoms with E-state index >= 15 is 0 Å². The van der Waals surface area contributed by atoms with Crippen LogP contribution in [0.5, 0.6) is 0 Å². The molecule has 0 aromatic carbocycles. The molecule has 1 rings (SSSR count). The fourth-order valence-electron chi connectivity index (χ4n) is 4.11. The summed E-state index contributed by atoms with van der Waals surface area (Å²) < 4.78 is 0. The molecule has 120 valence electrons. The Balaban J connectivity index is 2.73. The molecule has 1 N–H and O–H groups in total. The summed E-state index contributed by atoms with van der Waals surface area (Å²) in [6.45, 7) is 9.35. The van der Waals surface area contributed by atoms with Crippen LogP contribution in [-0.4, -0.2) is 62.2 Å². The summed E-state index contributed by atoms with van der Waals surface area (Å²) in [6, 6.07) is 2.02. The van der Waals surface area contributed by atoms with E-state index in [2.05, 4.69) is 57.0 Å². The maximum atomic E-state index is 3.58. The highest BCUT2D eigenvalue weighted by Crippen LogP contribution is 2.31. The molecule has 1 aliphatic carbocycles. The molecule has 20 heavy (non-hydrogen) atoms. The van der Waals surface area contributed by atoms with Gasteiger partial charge >= 0.3 is 0 Å². The Hall–Kier alpha value is -0.120. The molecule has 1 saturated carbocycles. The van der Waals surface area contributed by atoms with Gasteiger partial charge in [0, 0.05) is 24.7 Å². The molecule has 4 atom stereocenters. The lowest BCUT2D eigenvalue weighted by Crippen LogP contribution is -2.56. The van der Waals surface area contributed by atoms with E-state index in [1.165, 1.54) is 32.1 Å². The second kappa shape index (κ2) is 9.01. The van der Waals surface area contributed by atoms with Gasteiger partial charge in [0.05, 0.1) is 0 Å². The fraction of sp³-hybridized carbons (Fsp3) is 1.00. The zero-order valence-electron chi connectivity index (χ0n) is 14.7. The summed E-state index contributed by atoms with van der Waals surface area (Å²) in [5.74, 6) is 0.940. The smallest absolute Gasteiger partial charge is 0.0255 e. The third-order valence-electron chi connectivity index (χ3n) is 4.98. The molecule has 0 amide bonds.